The molecule has 34 heavy (non-hydrogen) atoms. The first kappa shape index (κ1) is 21.1. The molecule has 0 atom stereocenters. The zero-order chi connectivity index (χ0) is 23.8. The smallest absolute Gasteiger partial charge is 0.346 e. The molecule has 2 heterocycles. The highest BCUT2D eigenvalue weighted by atomic mass is 19.1. The van der Waals surface area contributed by atoms with Crippen LogP contribution in [0.5, 0.6) is 17.2 Å². The topological polar surface area (TPSA) is 95.9 Å². The Morgan fingerprint density at radius 3 is 2.44 bits per heavy atom. The van der Waals surface area contributed by atoms with Gasteiger partial charge in [0.1, 0.15) is 34.7 Å². The summed E-state index contributed by atoms with van der Waals surface area (Å²) in [6.45, 7) is 1.79. The Morgan fingerprint density at radius 2 is 1.62 bits per heavy atom. The van der Waals surface area contributed by atoms with Crippen molar-refractivity contribution in [3.63, 3.8) is 0 Å². The van der Waals surface area contributed by atoms with Crippen LogP contribution in [0.1, 0.15) is 15.9 Å². The monoisotopic (exact) mass is 458 g/mol. The Kier molecular flexibility index (Phi) is 5.18. The van der Waals surface area contributed by atoms with Crippen LogP contribution in [-0.4, -0.2) is 5.97 Å². The van der Waals surface area contributed by atoms with E-state index in [0.717, 1.165) is 23.3 Å². The molecule has 0 aliphatic heterocycles. The van der Waals surface area contributed by atoms with Crippen molar-refractivity contribution in [3.8, 4) is 17.2 Å². The number of hydrogen-bond acceptors (Lipinski definition) is 7. The minimum Gasteiger partial charge on any atom is -0.460 e. The van der Waals surface area contributed by atoms with Gasteiger partial charge in [-0.25, -0.2) is 14.0 Å². The molecular formula is C26H15FO7. The molecular weight excluding hydrogens is 443 g/mol. The number of rotatable bonds is 4. The first-order valence-electron chi connectivity index (χ1n) is 10.1. The number of carbonyl (C=O) groups excluding carboxylic acids is 1. The number of carbonyl (C=O) groups is 1. The van der Waals surface area contributed by atoms with Crippen molar-refractivity contribution in [2.45, 2.75) is 6.92 Å². The van der Waals surface area contributed by atoms with Gasteiger partial charge in [0, 0.05) is 23.6 Å². The van der Waals surface area contributed by atoms with E-state index in [-0.39, 0.29) is 33.8 Å². The fraction of sp³-hybridized carbons (Fsp3) is 0.0385. The summed E-state index contributed by atoms with van der Waals surface area (Å²) >= 11 is 0. The van der Waals surface area contributed by atoms with Gasteiger partial charge in [0.25, 0.3) is 0 Å². The van der Waals surface area contributed by atoms with Crippen LogP contribution in [0, 0.1) is 12.7 Å². The van der Waals surface area contributed by atoms with Crippen LogP contribution in [0.4, 0.5) is 4.39 Å². The van der Waals surface area contributed by atoms with Crippen LogP contribution in [0.3, 0.4) is 0 Å². The van der Waals surface area contributed by atoms with Gasteiger partial charge in [-0.2, -0.15) is 0 Å². The highest BCUT2D eigenvalue weighted by Crippen LogP contribution is 2.27. The van der Waals surface area contributed by atoms with Crippen LogP contribution in [0.25, 0.3) is 21.9 Å². The van der Waals surface area contributed by atoms with Crippen LogP contribution in [-0.2, 0) is 0 Å². The van der Waals surface area contributed by atoms with Gasteiger partial charge in [-0.3, -0.25) is 4.79 Å². The van der Waals surface area contributed by atoms with Crippen LogP contribution in [0.15, 0.2) is 91.4 Å². The maximum Gasteiger partial charge on any atom is 0.346 e. The largest absolute Gasteiger partial charge is 0.460 e. The standard InChI is InChI=1S/C26H15FO7/c1-14-10-24(28)34-22-12-15(6-8-17(14)22)32-23-13-31-21-11-16(7-9-19(21)25(23)29)33-26(30)18-4-2-3-5-20(18)27/h2-13H,1H3. The summed E-state index contributed by atoms with van der Waals surface area (Å²) in [6.07, 6.45) is 1.13. The minimum atomic E-state index is -0.877. The second-order valence-corrected chi connectivity index (χ2v) is 7.46. The summed E-state index contributed by atoms with van der Waals surface area (Å²) < 4.78 is 35.4. The van der Waals surface area contributed by atoms with Crippen molar-refractivity contribution >= 4 is 27.9 Å². The number of ether oxygens (including phenoxy) is 2. The second-order valence-electron chi connectivity index (χ2n) is 7.46. The number of fused-ring (bicyclic) bond motifs is 2. The first-order chi connectivity index (χ1) is 16.4. The Balaban J connectivity index is 1.43. The molecule has 5 aromatic rings. The molecule has 0 spiro atoms. The Bertz CT molecular complexity index is 1700. The van der Waals surface area contributed by atoms with E-state index in [1.165, 1.54) is 48.5 Å². The van der Waals surface area contributed by atoms with E-state index in [1.54, 1.807) is 19.1 Å². The quantitative estimate of drug-likeness (QED) is 0.203. The molecule has 3 aromatic carbocycles. The van der Waals surface area contributed by atoms with Crippen molar-refractivity contribution in [1.29, 1.82) is 0 Å². The second kappa shape index (κ2) is 8.32. The van der Waals surface area contributed by atoms with Gasteiger partial charge in [0.05, 0.1) is 10.9 Å². The molecule has 0 amide bonds. The van der Waals surface area contributed by atoms with E-state index in [1.807, 2.05) is 0 Å². The summed E-state index contributed by atoms with van der Waals surface area (Å²) in [4.78, 5) is 36.8. The van der Waals surface area contributed by atoms with E-state index >= 15 is 0 Å². The van der Waals surface area contributed by atoms with Gasteiger partial charge in [-0.1, -0.05) is 12.1 Å². The van der Waals surface area contributed by atoms with Gasteiger partial charge in [0.2, 0.25) is 11.2 Å². The van der Waals surface area contributed by atoms with Crippen molar-refractivity contribution < 1.29 is 27.5 Å². The molecule has 2 aromatic heterocycles. The van der Waals surface area contributed by atoms with Gasteiger partial charge in [-0.05, 0) is 48.9 Å². The zero-order valence-electron chi connectivity index (χ0n) is 17.7. The van der Waals surface area contributed by atoms with E-state index < -0.39 is 22.8 Å². The fourth-order valence-corrected chi connectivity index (χ4v) is 3.51. The summed E-state index contributed by atoms with van der Waals surface area (Å²) in [5.41, 5.74) is 0.0759. The van der Waals surface area contributed by atoms with Crippen molar-refractivity contribution in [1.82, 2.24) is 0 Å². The maximum absolute atomic E-state index is 13.8. The molecule has 0 bridgehead atoms. The predicted octanol–water partition coefficient (Wildman–Crippen LogP) is 5.36. The third-order valence-electron chi connectivity index (χ3n) is 5.17. The lowest BCUT2D eigenvalue weighted by Gasteiger charge is -2.08. The summed E-state index contributed by atoms with van der Waals surface area (Å²) in [5.74, 6) is -1.30. The molecule has 0 radical (unpaired) electrons. The fourth-order valence-electron chi connectivity index (χ4n) is 3.51. The molecule has 0 aliphatic carbocycles. The van der Waals surface area contributed by atoms with Gasteiger partial charge in [-0.15, -0.1) is 0 Å². The minimum absolute atomic E-state index is 0.0810. The number of benzene rings is 3. The lowest BCUT2D eigenvalue weighted by atomic mass is 10.1. The molecule has 0 fully saturated rings. The molecule has 168 valence electrons. The first-order valence-corrected chi connectivity index (χ1v) is 10.1. The Hall–Kier alpha value is -4.72. The van der Waals surface area contributed by atoms with E-state index in [2.05, 4.69) is 0 Å². The van der Waals surface area contributed by atoms with Gasteiger partial charge in [0.15, 0.2) is 0 Å². The molecule has 7 nitrogen and oxygen atoms in total. The summed E-state index contributed by atoms with van der Waals surface area (Å²) in [5, 5.41) is 0.932. The lowest BCUT2D eigenvalue weighted by molar-refractivity contribution is 0.0730. The molecule has 5 rings (SSSR count). The van der Waals surface area contributed by atoms with E-state index in [0.29, 0.717) is 5.58 Å². The lowest BCUT2D eigenvalue weighted by Crippen LogP contribution is -2.11. The Labute approximate surface area is 190 Å². The average Bonchev–Trinajstić information content (AvgIpc) is 2.81. The third kappa shape index (κ3) is 3.93. The number of halogens is 1. The summed E-state index contributed by atoms with van der Waals surface area (Å²) in [6, 6.07) is 15.9. The van der Waals surface area contributed by atoms with E-state index in [4.69, 9.17) is 18.3 Å². The molecule has 0 aliphatic rings. The van der Waals surface area contributed by atoms with Crippen LogP contribution in [0.2, 0.25) is 0 Å². The van der Waals surface area contributed by atoms with Crippen LogP contribution >= 0.6 is 0 Å². The zero-order valence-corrected chi connectivity index (χ0v) is 17.7. The summed E-state index contributed by atoms with van der Waals surface area (Å²) in [7, 11) is 0. The molecule has 0 saturated carbocycles. The third-order valence-corrected chi connectivity index (χ3v) is 5.17. The maximum atomic E-state index is 13.8. The van der Waals surface area contributed by atoms with Crippen LogP contribution < -0.4 is 20.5 Å². The average molecular weight is 458 g/mol. The van der Waals surface area contributed by atoms with Crippen molar-refractivity contribution in [3.05, 3.63) is 111 Å². The highest BCUT2D eigenvalue weighted by molar-refractivity contribution is 5.92. The predicted molar refractivity (Wildman–Crippen MR) is 121 cm³/mol. The normalized spacial score (nSPS) is 11.0. The molecule has 8 heteroatoms. The number of aryl methyl sites for hydroxylation is 1. The molecule has 0 N–H and O–H groups in total. The van der Waals surface area contributed by atoms with E-state index in [9.17, 15) is 18.8 Å². The molecule has 0 saturated heterocycles. The highest BCUT2D eigenvalue weighted by Gasteiger charge is 2.16. The number of hydrogen-bond donors (Lipinski definition) is 0. The van der Waals surface area contributed by atoms with Crippen molar-refractivity contribution in [2.24, 2.45) is 0 Å². The van der Waals surface area contributed by atoms with Gasteiger partial charge < -0.3 is 18.3 Å². The Morgan fingerprint density at radius 1 is 0.882 bits per heavy atom. The SMILES string of the molecule is Cc1cc(=O)oc2cc(Oc3coc4cc(OC(=O)c5ccccc5F)ccc4c3=O)ccc12. The van der Waals surface area contributed by atoms with Crippen molar-refractivity contribution in [2.75, 3.05) is 0 Å². The number of esters is 1. The molecule has 0 unspecified atom stereocenters. The van der Waals surface area contributed by atoms with Gasteiger partial charge >= 0.3 is 11.6 Å².